The van der Waals surface area contributed by atoms with Crippen molar-refractivity contribution in [3.63, 3.8) is 0 Å². The Balaban J connectivity index is 1.82. The molecule has 1 aromatic carbocycles. The van der Waals surface area contributed by atoms with E-state index in [1.807, 2.05) is 0 Å². The number of hydrogen-bond donors (Lipinski definition) is 1. The Morgan fingerprint density at radius 1 is 1.17 bits per heavy atom. The first-order valence-corrected chi connectivity index (χ1v) is 7.13. The summed E-state index contributed by atoms with van der Waals surface area (Å²) in [6.45, 7) is 2.16. The molecule has 0 unspecified atom stereocenters. The second kappa shape index (κ2) is 5.16. The number of benzene rings is 1. The summed E-state index contributed by atoms with van der Waals surface area (Å²) in [7, 11) is 0. The van der Waals surface area contributed by atoms with Gasteiger partial charge in [-0.2, -0.15) is 0 Å². The van der Waals surface area contributed by atoms with Crippen LogP contribution in [0.4, 0.5) is 4.39 Å². The molecule has 1 N–H and O–H groups in total. The highest BCUT2D eigenvalue weighted by molar-refractivity contribution is 7.10. The molecular weight excluding hydrogens is 247 g/mol. The zero-order chi connectivity index (χ0) is 12.4. The molecule has 1 fully saturated rings. The fourth-order valence-corrected chi connectivity index (χ4v) is 3.30. The second-order valence-electron chi connectivity index (χ2n) is 4.60. The molecule has 0 atom stereocenters. The molecule has 2 heterocycles. The molecule has 3 rings (SSSR count). The van der Waals surface area contributed by atoms with Crippen molar-refractivity contribution < 1.29 is 4.39 Å². The Bertz CT molecular complexity index is 515. The number of halogens is 1. The summed E-state index contributed by atoms with van der Waals surface area (Å²) in [5.41, 5.74) is 1.96. The van der Waals surface area contributed by atoms with Crippen molar-refractivity contribution in [2.75, 3.05) is 13.1 Å². The molecule has 1 aliphatic rings. The summed E-state index contributed by atoms with van der Waals surface area (Å²) >= 11 is 1.72. The van der Waals surface area contributed by atoms with E-state index in [4.69, 9.17) is 4.98 Å². The maximum Gasteiger partial charge on any atom is 0.123 e. The number of hydrogen-bond acceptors (Lipinski definition) is 3. The summed E-state index contributed by atoms with van der Waals surface area (Å²) in [4.78, 5) is 4.70. The molecular formula is C14H15FN2S. The van der Waals surface area contributed by atoms with Gasteiger partial charge in [0.05, 0.1) is 10.7 Å². The first-order chi connectivity index (χ1) is 8.83. The van der Waals surface area contributed by atoms with Crippen LogP contribution in [-0.2, 0) is 0 Å². The minimum absolute atomic E-state index is 0.201. The maximum atomic E-state index is 12.9. The lowest BCUT2D eigenvalue weighted by atomic mass is 9.99. The normalized spacial score (nSPS) is 16.9. The summed E-state index contributed by atoms with van der Waals surface area (Å²) in [5.74, 6) is 0.387. The zero-order valence-corrected chi connectivity index (χ0v) is 10.8. The van der Waals surface area contributed by atoms with Crippen molar-refractivity contribution in [3.05, 3.63) is 40.5 Å². The average Bonchev–Trinajstić information content (AvgIpc) is 2.90. The van der Waals surface area contributed by atoms with Crippen molar-refractivity contribution in [2.45, 2.75) is 18.8 Å². The van der Waals surface area contributed by atoms with Gasteiger partial charge in [-0.3, -0.25) is 0 Å². The summed E-state index contributed by atoms with van der Waals surface area (Å²) < 4.78 is 12.9. The molecule has 0 radical (unpaired) electrons. The van der Waals surface area contributed by atoms with Crippen LogP contribution in [0.15, 0.2) is 29.6 Å². The van der Waals surface area contributed by atoms with Gasteiger partial charge in [0, 0.05) is 16.9 Å². The lowest BCUT2D eigenvalue weighted by molar-refractivity contribution is 0.459. The van der Waals surface area contributed by atoms with Crippen LogP contribution in [0.1, 0.15) is 23.8 Å². The average molecular weight is 262 g/mol. The van der Waals surface area contributed by atoms with Gasteiger partial charge in [0.2, 0.25) is 0 Å². The van der Waals surface area contributed by atoms with E-state index >= 15 is 0 Å². The SMILES string of the molecule is Fc1ccc(-c2csc(C3CCNCC3)n2)cc1. The predicted molar refractivity (Wildman–Crippen MR) is 72.4 cm³/mol. The monoisotopic (exact) mass is 262 g/mol. The Morgan fingerprint density at radius 3 is 2.61 bits per heavy atom. The third kappa shape index (κ3) is 2.44. The lowest BCUT2D eigenvalue weighted by Crippen LogP contribution is -2.26. The van der Waals surface area contributed by atoms with Crippen molar-refractivity contribution in [1.29, 1.82) is 0 Å². The van der Waals surface area contributed by atoms with Crippen molar-refractivity contribution in [2.24, 2.45) is 0 Å². The first kappa shape index (κ1) is 11.8. The molecule has 94 valence electrons. The van der Waals surface area contributed by atoms with E-state index in [0.717, 1.165) is 37.2 Å². The largest absolute Gasteiger partial charge is 0.317 e. The lowest BCUT2D eigenvalue weighted by Gasteiger charge is -2.20. The highest BCUT2D eigenvalue weighted by Gasteiger charge is 2.18. The predicted octanol–water partition coefficient (Wildman–Crippen LogP) is 3.42. The quantitative estimate of drug-likeness (QED) is 0.897. The third-order valence-corrected chi connectivity index (χ3v) is 4.36. The van der Waals surface area contributed by atoms with Crippen LogP contribution in [0.3, 0.4) is 0 Å². The van der Waals surface area contributed by atoms with E-state index < -0.39 is 0 Å². The topological polar surface area (TPSA) is 24.9 Å². The molecule has 1 aliphatic heterocycles. The molecule has 0 aliphatic carbocycles. The molecule has 0 saturated carbocycles. The van der Waals surface area contributed by atoms with Crippen LogP contribution in [0.25, 0.3) is 11.3 Å². The van der Waals surface area contributed by atoms with Crippen LogP contribution in [0.5, 0.6) is 0 Å². The van der Waals surface area contributed by atoms with Gasteiger partial charge in [-0.05, 0) is 50.2 Å². The molecule has 4 heteroatoms. The van der Waals surface area contributed by atoms with Crippen molar-refractivity contribution >= 4 is 11.3 Å². The Labute approximate surface area is 110 Å². The first-order valence-electron chi connectivity index (χ1n) is 6.25. The standard InChI is InChI=1S/C14H15FN2S/c15-12-3-1-10(2-4-12)13-9-18-14(17-13)11-5-7-16-8-6-11/h1-4,9,11,16H,5-8H2. The van der Waals surface area contributed by atoms with Gasteiger partial charge in [0.15, 0.2) is 0 Å². The number of thiazole rings is 1. The van der Waals surface area contributed by atoms with Crippen LogP contribution in [-0.4, -0.2) is 18.1 Å². The fourth-order valence-electron chi connectivity index (χ4n) is 2.30. The minimum atomic E-state index is -0.201. The maximum absolute atomic E-state index is 12.9. The van der Waals surface area contributed by atoms with Crippen LogP contribution in [0, 0.1) is 5.82 Å². The minimum Gasteiger partial charge on any atom is -0.317 e. The Morgan fingerprint density at radius 2 is 1.89 bits per heavy atom. The Hall–Kier alpha value is -1.26. The second-order valence-corrected chi connectivity index (χ2v) is 5.49. The van der Waals surface area contributed by atoms with E-state index in [-0.39, 0.29) is 5.82 Å². The van der Waals surface area contributed by atoms with Gasteiger partial charge in [-0.15, -0.1) is 11.3 Å². The van der Waals surface area contributed by atoms with Gasteiger partial charge >= 0.3 is 0 Å². The van der Waals surface area contributed by atoms with Gasteiger partial charge in [-0.25, -0.2) is 9.37 Å². The van der Waals surface area contributed by atoms with E-state index in [2.05, 4.69) is 10.7 Å². The molecule has 2 aromatic rings. The molecule has 18 heavy (non-hydrogen) atoms. The van der Waals surface area contributed by atoms with Crippen molar-refractivity contribution in [1.82, 2.24) is 10.3 Å². The highest BCUT2D eigenvalue weighted by Crippen LogP contribution is 2.31. The molecule has 1 saturated heterocycles. The Kier molecular flexibility index (Phi) is 3.39. The van der Waals surface area contributed by atoms with E-state index in [1.54, 1.807) is 23.5 Å². The fraction of sp³-hybridized carbons (Fsp3) is 0.357. The van der Waals surface area contributed by atoms with Gasteiger partial charge in [0.1, 0.15) is 5.82 Å². The highest BCUT2D eigenvalue weighted by atomic mass is 32.1. The van der Waals surface area contributed by atoms with Gasteiger partial charge in [0.25, 0.3) is 0 Å². The van der Waals surface area contributed by atoms with Gasteiger partial charge < -0.3 is 5.32 Å². The summed E-state index contributed by atoms with van der Waals surface area (Å²) in [6.07, 6.45) is 2.33. The van der Waals surface area contributed by atoms with E-state index in [0.29, 0.717) is 5.92 Å². The number of nitrogens with zero attached hydrogens (tertiary/aromatic N) is 1. The molecule has 0 bridgehead atoms. The summed E-state index contributed by atoms with van der Waals surface area (Å²) in [5, 5.41) is 6.66. The van der Waals surface area contributed by atoms with Crippen molar-refractivity contribution in [3.8, 4) is 11.3 Å². The summed E-state index contributed by atoms with van der Waals surface area (Å²) in [6, 6.07) is 6.55. The van der Waals surface area contributed by atoms with Crippen LogP contribution < -0.4 is 5.32 Å². The molecule has 0 spiro atoms. The number of nitrogens with one attached hydrogen (secondary N) is 1. The zero-order valence-electron chi connectivity index (χ0n) is 10.0. The van der Waals surface area contributed by atoms with Crippen LogP contribution in [0.2, 0.25) is 0 Å². The number of piperidine rings is 1. The number of aromatic nitrogens is 1. The third-order valence-electron chi connectivity index (χ3n) is 3.35. The van der Waals surface area contributed by atoms with E-state index in [1.165, 1.54) is 17.1 Å². The molecule has 2 nitrogen and oxygen atoms in total. The van der Waals surface area contributed by atoms with E-state index in [9.17, 15) is 4.39 Å². The van der Waals surface area contributed by atoms with Gasteiger partial charge in [-0.1, -0.05) is 0 Å². The molecule has 0 amide bonds. The molecule has 1 aromatic heterocycles. The number of rotatable bonds is 2. The smallest absolute Gasteiger partial charge is 0.123 e. The van der Waals surface area contributed by atoms with Crippen LogP contribution >= 0.6 is 11.3 Å².